The van der Waals surface area contributed by atoms with Gasteiger partial charge in [-0.15, -0.1) is 0 Å². The van der Waals surface area contributed by atoms with Crippen LogP contribution in [-0.2, 0) is 6.54 Å². The van der Waals surface area contributed by atoms with Crippen molar-refractivity contribution in [3.05, 3.63) is 59.4 Å². The van der Waals surface area contributed by atoms with E-state index in [9.17, 15) is 13.6 Å². The van der Waals surface area contributed by atoms with Gasteiger partial charge >= 0.3 is 0 Å². The Bertz CT molecular complexity index is 906. The number of amides is 1. The van der Waals surface area contributed by atoms with Crippen LogP contribution in [0.4, 0.5) is 8.78 Å². The van der Waals surface area contributed by atoms with E-state index in [1.165, 1.54) is 12.1 Å². The van der Waals surface area contributed by atoms with Crippen LogP contribution in [0, 0.1) is 28.9 Å². The van der Waals surface area contributed by atoms with Gasteiger partial charge in [0.2, 0.25) is 0 Å². The minimum absolute atomic E-state index is 0.0372. The Morgan fingerprint density at radius 1 is 1.03 bits per heavy atom. The van der Waals surface area contributed by atoms with Gasteiger partial charge in [0, 0.05) is 31.0 Å². The molecule has 30 heavy (non-hydrogen) atoms. The molecule has 5 heteroatoms. The van der Waals surface area contributed by atoms with Crippen molar-refractivity contribution in [2.24, 2.45) is 17.3 Å². The number of carbonyl (C=O) groups is 1. The molecule has 1 aromatic carbocycles. The fourth-order valence-corrected chi connectivity index (χ4v) is 5.45. The zero-order valence-corrected chi connectivity index (χ0v) is 18.2. The average molecular weight is 415 g/mol. The van der Waals surface area contributed by atoms with E-state index in [0.29, 0.717) is 23.8 Å². The summed E-state index contributed by atoms with van der Waals surface area (Å²) in [5.74, 6) is -0.737. The van der Waals surface area contributed by atoms with Crippen LogP contribution < -0.4 is 0 Å². The first-order valence-electron chi connectivity index (χ1n) is 11.2. The zero-order valence-electron chi connectivity index (χ0n) is 18.2. The molecule has 2 aliphatic rings. The molecule has 0 radical (unpaired) electrons. The summed E-state index contributed by atoms with van der Waals surface area (Å²) >= 11 is 0. The summed E-state index contributed by atoms with van der Waals surface area (Å²) in [6, 6.07) is 7.32. The third-order valence-corrected chi connectivity index (χ3v) is 7.17. The number of aryl methyl sites for hydroxylation is 1. The Morgan fingerprint density at radius 3 is 2.43 bits per heavy atom. The van der Waals surface area contributed by atoms with E-state index in [2.05, 4.69) is 37.6 Å². The summed E-state index contributed by atoms with van der Waals surface area (Å²) in [6.45, 7) is 8.36. The van der Waals surface area contributed by atoms with Gasteiger partial charge in [-0.25, -0.2) is 8.78 Å². The molecular weight excluding hydrogens is 382 g/mol. The van der Waals surface area contributed by atoms with Crippen molar-refractivity contribution in [3.8, 4) is 0 Å². The summed E-state index contributed by atoms with van der Waals surface area (Å²) in [5, 5.41) is 0. The number of rotatable bonds is 2. The second kappa shape index (κ2) is 8.16. The van der Waals surface area contributed by atoms with Gasteiger partial charge in [0.25, 0.3) is 5.91 Å². The summed E-state index contributed by atoms with van der Waals surface area (Å²) in [4.78, 5) is 15.3. The Labute approximate surface area is 178 Å². The molecular formula is C25H32F2N2O. The maximum atomic E-state index is 14.5. The lowest BCUT2D eigenvalue weighted by Crippen LogP contribution is -2.41. The smallest absolute Gasteiger partial charge is 0.257 e. The molecule has 2 aromatic rings. The Balaban J connectivity index is 1.66. The number of aromatic nitrogens is 1. The van der Waals surface area contributed by atoms with Crippen LogP contribution in [0.15, 0.2) is 36.5 Å². The highest BCUT2D eigenvalue weighted by Crippen LogP contribution is 2.46. The first-order valence-corrected chi connectivity index (χ1v) is 11.2. The highest BCUT2D eigenvalue weighted by atomic mass is 19.1. The quantitative estimate of drug-likeness (QED) is 0.574. The van der Waals surface area contributed by atoms with E-state index in [-0.39, 0.29) is 17.5 Å². The van der Waals surface area contributed by atoms with Crippen LogP contribution in [-0.4, -0.2) is 21.9 Å². The second-order valence-electron chi connectivity index (χ2n) is 10.0. The Kier molecular flexibility index (Phi) is 5.73. The van der Waals surface area contributed by atoms with Gasteiger partial charge in [-0.1, -0.05) is 20.8 Å². The number of hydrogen-bond acceptors (Lipinski definition) is 1. The standard InChI is InChI=1S/C25H32F2N2O/c1-25(2,3)18-9-7-17(8-10-18)23-22-6-4-13-28(22)14-5-15-29(23)24(30)20-12-11-19(26)16-21(20)27/h4,6,11-13,16-18,23H,5,7-10,14-15H2,1-3H3. The number of halogens is 2. The summed E-state index contributed by atoms with van der Waals surface area (Å²) < 4.78 is 30.1. The molecule has 0 bridgehead atoms. The van der Waals surface area contributed by atoms with Crippen LogP contribution in [0.5, 0.6) is 0 Å². The number of carbonyl (C=O) groups excluding carboxylic acids is 1. The lowest BCUT2D eigenvalue weighted by atomic mass is 9.68. The van der Waals surface area contributed by atoms with Crippen LogP contribution in [0.1, 0.15) is 75.0 Å². The maximum Gasteiger partial charge on any atom is 0.257 e. The third kappa shape index (κ3) is 4.03. The largest absolute Gasteiger partial charge is 0.350 e. The van der Waals surface area contributed by atoms with Crippen LogP contribution >= 0.6 is 0 Å². The van der Waals surface area contributed by atoms with E-state index in [4.69, 9.17) is 0 Å². The first kappa shape index (κ1) is 21.1. The van der Waals surface area contributed by atoms with Gasteiger partial charge < -0.3 is 9.47 Å². The summed E-state index contributed by atoms with van der Waals surface area (Å²) in [5.41, 5.74) is 1.40. The highest BCUT2D eigenvalue weighted by Gasteiger charge is 2.39. The maximum absolute atomic E-state index is 14.5. The van der Waals surface area contributed by atoms with Gasteiger partial charge in [-0.3, -0.25) is 4.79 Å². The van der Waals surface area contributed by atoms with Gasteiger partial charge in [0.1, 0.15) is 11.6 Å². The lowest BCUT2D eigenvalue weighted by Gasteiger charge is -2.42. The van der Waals surface area contributed by atoms with Crippen molar-refractivity contribution in [1.29, 1.82) is 0 Å². The van der Waals surface area contributed by atoms with Crippen molar-refractivity contribution in [2.45, 2.75) is 65.5 Å². The number of benzene rings is 1. The van der Waals surface area contributed by atoms with Crippen molar-refractivity contribution in [2.75, 3.05) is 6.54 Å². The monoisotopic (exact) mass is 414 g/mol. The minimum atomic E-state index is -0.783. The molecule has 1 amide bonds. The molecule has 0 N–H and O–H groups in total. The fraction of sp³-hybridized carbons (Fsp3) is 0.560. The molecule has 0 saturated heterocycles. The summed E-state index contributed by atoms with van der Waals surface area (Å²) in [7, 11) is 0. The van der Waals surface area contributed by atoms with E-state index in [0.717, 1.165) is 50.4 Å². The molecule has 1 atom stereocenters. The van der Waals surface area contributed by atoms with Crippen LogP contribution in [0.3, 0.4) is 0 Å². The minimum Gasteiger partial charge on any atom is -0.350 e. The topological polar surface area (TPSA) is 25.2 Å². The predicted octanol–water partition coefficient (Wildman–Crippen LogP) is 6.21. The third-order valence-electron chi connectivity index (χ3n) is 7.17. The van der Waals surface area contributed by atoms with E-state index in [1.54, 1.807) is 0 Å². The molecule has 1 unspecified atom stereocenters. The van der Waals surface area contributed by atoms with Crippen molar-refractivity contribution < 1.29 is 13.6 Å². The van der Waals surface area contributed by atoms with Gasteiger partial charge in [0.05, 0.1) is 11.6 Å². The Hall–Kier alpha value is -2.17. The number of hydrogen-bond donors (Lipinski definition) is 0. The lowest BCUT2D eigenvalue weighted by molar-refractivity contribution is 0.0492. The Morgan fingerprint density at radius 2 is 1.77 bits per heavy atom. The van der Waals surface area contributed by atoms with Crippen molar-refractivity contribution >= 4 is 5.91 Å². The number of fused-ring (bicyclic) bond motifs is 1. The van der Waals surface area contributed by atoms with E-state index >= 15 is 0 Å². The van der Waals surface area contributed by atoms with Crippen molar-refractivity contribution in [1.82, 2.24) is 9.47 Å². The predicted molar refractivity (Wildman–Crippen MR) is 114 cm³/mol. The molecule has 3 nitrogen and oxygen atoms in total. The summed E-state index contributed by atoms with van der Waals surface area (Å²) in [6.07, 6.45) is 7.33. The zero-order chi connectivity index (χ0) is 21.5. The van der Waals surface area contributed by atoms with E-state index in [1.807, 2.05) is 11.0 Å². The average Bonchev–Trinajstić information content (AvgIpc) is 3.07. The van der Waals surface area contributed by atoms with Crippen molar-refractivity contribution in [3.63, 3.8) is 0 Å². The number of nitrogens with zero attached hydrogens (tertiary/aromatic N) is 2. The van der Waals surface area contributed by atoms with Crippen LogP contribution in [0.2, 0.25) is 0 Å². The molecule has 2 heterocycles. The second-order valence-corrected chi connectivity index (χ2v) is 10.0. The normalized spacial score (nSPS) is 25.0. The molecule has 0 spiro atoms. The molecule has 1 aliphatic carbocycles. The first-order chi connectivity index (χ1) is 14.3. The molecule has 1 aromatic heterocycles. The van der Waals surface area contributed by atoms with E-state index < -0.39 is 11.6 Å². The molecule has 4 rings (SSSR count). The van der Waals surface area contributed by atoms with Gasteiger partial charge in [-0.2, -0.15) is 0 Å². The fourth-order valence-electron chi connectivity index (χ4n) is 5.45. The molecule has 1 aliphatic heterocycles. The molecule has 162 valence electrons. The van der Waals surface area contributed by atoms with Gasteiger partial charge in [0.15, 0.2) is 0 Å². The van der Waals surface area contributed by atoms with Crippen LogP contribution in [0.25, 0.3) is 0 Å². The van der Waals surface area contributed by atoms with Gasteiger partial charge in [-0.05, 0) is 73.6 Å². The molecule has 1 saturated carbocycles. The SMILES string of the molecule is CC(C)(C)C1CCC(C2c3cccn3CCCN2C(=O)c2ccc(F)cc2F)CC1. The molecule has 1 fully saturated rings. The highest BCUT2D eigenvalue weighted by molar-refractivity contribution is 5.94.